The van der Waals surface area contributed by atoms with Crippen LogP contribution in [0, 0.1) is 5.82 Å². The van der Waals surface area contributed by atoms with E-state index >= 15 is 0 Å². The molecule has 0 aliphatic heterocycles. The van der Waals surface area contributed by atoms with Crippen molar-refractivity contribution in [3.05, 3.63) is 89.0 Å². The van der Waals surface area contributed by atoms with Crippen molar-refractivity contribution in [3.8, 4) is 5.75 Å². The minimum absolute atomic E-state index is 0.196. The third-order valence-corrected chi connectivity index (χ3v) is 6.06. The number of esters is 1. The molecule has 1 aromatic heterocycles. The van der Waals surface area contributed by atoms with E-state index in [1.165, 1.54) is 25.6 Å². The first-order chi connectivity index (χ1) is 18.4. The number of hydrogen-bond acceptors (Lipinski definition) is 7. The second kappa shape index (κ2) is 13.0. The summed E-state index contributed by atoms with van der Waals surface area (Å²) in [5.41, 5.74) is 3.16. The van der Waals surface area contributed by atoms with Crippen LogP contribution in [0.15, 0.2) is 67.0 Å². The summed E-state index contributed by atoms with van der Waals surface area (Å²) in [4.78, 5) is 20.0. The summed E-state index contributed by atoms with van der Waals surface area (Å²) < 4.78 is 23.8. The number of hydrogen-bond donors (Lipinski definition) is 3. The number of carbonyl (C=O) groups is 1. The molecule has 0 bridgehead atoms. The first-order valence-electron chi connectivity index (χ1n) is 11.7. The summed E-state index contributed by atoms with van der Waals surface area (Å²) in [5.74, 6) is 0.476. The van der Waals surface area contributed by atoms with Crippen LogP contribution in [0.3, 0.4) is 0 Å². The second-order valence-corrected chi connectivity index (χ2v) is 9.01. The van der Waals surface area contributed by atoms with Crippen LogP contribution in [0.1, 0.15) is 17.5 Å². The van der Waals surface area contributed by atoms with Crippen LogP contribution in [0.4, 0.5) is 15.9 Å². The van der Waals surface area contributed by atoms with E-state index < -0.39 is 0 Å². The van der Waals surface area contributed by atoms with Gasteiger partial charge in [0.25, 0.3) is 0 Å². The number of carbonyl (C=O) groups excluding carboxylic acids is 1. The lowest BCUT2D eigenvalue weighted by Crippen LogP contribution is -2.36. The minimum Gasteiger partial charge on any atom is -0.487 e. The van der Waals surface area contributed by atoms with E-state index in [1.54, 1.807) is 24.3 Å². The van der Waals surface area contributed by atoms with Gasteiger partial charge in [-0.3, -0.25) is 4.79 Å². The summed E-state index contributed by atoms with van der Waals surface area (Å²) in [6, 6.07) is 17.4. The maximum atomic E-state index is 13.4. The number of nitrogens with one attached hydrogen (secondary N) is 3. The smallest absolute Gasteiger partial charge is 0.307 e. The minimum atomic E-state index is -0.317. The number of aromatic nitrogens is 2. The molecule has 4 aromatic rings. The normalized spacial score (nSPS) is 10.6. The topological polar surface area (TPSA) is 97.4 Å². The van der Waals surface area contributed by atoms with E-state index in [-0.39, 0.29) is 24.8 Å². The van der Waals surface area contributed by atoms with Gasteiger partial charge < -0.3 is 25.4 Å². The molecule has 0 fully saturated rings. The third kappa shape index (κ3) is 7.50. The van der Waals surface area contributed by atoms with Crippen molar-refractivity contribution in [2.75, 3.05) is 19.0 Å². The number of rotatable bonds is 10. The lowest BCUT2D eigenvalue weighted by molar-refractivity contribution is -0.140. The number of ether oxygens (including phenoxy) is 2. The quantitative estimate of drug-likeness (QED) is 0.179. The molecule has 0 spiro atoms. The van der Waals surface area contributed by atoms with Crippen LogP contribution in [0.5, 0.6) is 5.75 Å². The molecule has 0 saturated carbocycles. The Morgan fingerprint density at radius 1 is 1.05 bits per heavy atom. The summed E-state index contributed by atoms with van der Waals surface area (Å²) in [5, 5.41) is 11.0. The van der Waals surface area contributed by atoms with Crippen LogP contribution in [-0.2, 0) is 22.7 Å². The Kier molecular flexibility index (Phi) is 9.23. The van der Waals surface area contributed by atoms with E-state index in [1.807, 2.05) is 24.3 Å². The Balaban J connectivity index is 1.40. The van der Waals surface area contributed by atoms with Crippen molar-refractivity contribution in [1.82, 2.24) is 20.6 Å². The standard InChI is InChI=1S/C27H25ClFN5O3S/c1-36-25(35)9-10-30-27(38)31-14-17-5-7-23-21(12-17)26(33-16-32-23)34-20-6-8-24(22(28)13-20)37-15-18-3-2-4-19(29)11-18/h2-8,11-13,16H,9-10,14-15H2,1H3,(H2,30,31,38)(H,32,33,34). The molecule has 0 amide bonds. The molecule has 0 radical (unpaired) electrons. The predicted molar refractivity (Wildman–Crippen MR) is 149 cm³/mol. The van der Waals surface area contributed by atoms with Gasteiger partial charge in [0.05, 0.1) is 24.1 Å². The fourth-order valence-corrected chi connectivity index (χ4v) is 3.97. The maximum Gasteiger partial charge on any atom is 0.307 e. The molecule has 11 heteroatoms. The first-order valence-corrected chi connectivity index (χ1v) is 12.5. The SMILES string of the molecule is COC(=O)CCNC(=S)NCc1ccc2ncnc(Nc3ccc(OCc4cccc(F)c4)c(Cl)c3)c2c1. The predicted octanol–water partition coefficient (Wildman–Crippen LogP) is 5.27. The Labute approximate surface area is 229 Å². The molecule has 196 valence electrons. The molecule has 8 nitrogen and oxygen atoms in total. The zero-order chi connectivity index (χ0) is 26.9. The Morgan fingerprint density at radius 2 is 1.92 bits per heavy atom. The van der Waals surface area contributed by atoms with Gasteiger partial charge in [-0.2, -0.15) is 0 Å². The lowest BCUT2D eigenvalue weighted by Gasteiger charge is -2.13. The molecule has 38 heavy (non-hydrogen) atoms. The molecule has 1 heterocycles. The maximum absolute atomic E-state index is 13.4. The number of halogens is 2. The molecule has 0 aliphatic carbocycles. The molecule has 0 aliphatic rings. The average Bonchev–Trinajstić information content (AvgIpc) is 2.91. The van der Waals surface area contributed by atoms with Gasteiger partial charge >= 0.3 is 5.97 Å². The molecule has 3 N–H and O–H groups in total. The highest BCUT2D eigenvalue weighted by atomic mass is 35.5. The van der Waals surface area contributed by atoms with Gasteiger partial charge in [0.15, 0.2) is 5.11 Å². The van der Waals surface area contributed by atoms with Crippen molar-refractivity contribution in [2.24, 2.45) is 0 Å². The van der Waals surface area contributed by atoms with E-state index in [9.17, 15) is 9.18 Å². The molecule has 0 unspecified atom stereocenters. The van der Waals surface area contributed by atoms with Crippen molar-refractivity contribution in [3.63, 3.8) is 0 Å². The van der Waals surface area contributed by atoms with Crippen LogP contribution >= 0.6 is 23.8 Å². The number of nitrogens with zero attached hydrogens (tertiary/aromatic N) is 2. The number of anilines is 2. The Morgan fingerprint density at radius 3 is 2.71 bits per heavy atom. The third-order valence-electron chi connectivity index (χ3n) is 5.47. The average molecular weight is 554 g/mol. The van der Waals surface area contributed by atoms with Gasteiger partial charge in [-0.05, 0) is 65.8 Å². The highest BCUT2D eigenvalue weighted by Gasteiger charge is 2.09. The summed E-state index contributed by atoms with van der Waals surface area (Å²) in [6.45, 7) is 1.05. The zero-order valence-corrected chi connectivity index (χ0v) is 22.0. The van der Waals surface area contributed by atoms with Gasteiger partial charge in [0.1, 0.15) is 30.3 Å². The fourth-order valence-electron chi connectivity index (χ4n) is 3.56. The highest BCUT2D eigenvalue weighted by Crippen LogP contribution is 2.31. The number of methoxy groups -OCH3 is 1. The zero-order valence-electron chi connectivity index (χ0n) is 20.5. The summed E-state index contributed by atoms with van der Waals surface area (Å²) in [7, 11) is 1.35. The van der Waals surface area contributed by atoms with E-state index in [4.69, 9.17) is 28.6 Å². The highest BCUT2D eigenvalue weighted by molar-refractivity contribution is 7.80. The number of fused-ring (bicyclic) bond motifs is 1. The van der Waals surface area contributed by atoms with Crippen LogP contribution in [0.2, 0.25) is 5.02 Å². The van der Waals surface area contributed by atoms with Crippen molar-refractivity contribution < 1.29 is 18.7 Å². The molecular weight excluding hydrogens is 529 g/mol. The molecule has 4 rings (SSSR count). The molecule has 0 atom stereocenters. The second-order valence-electron chi connectivity index (χ2n) is 8.20. The van der Waals surface area contributed by atoms with E-state index in [0.717, 1.165) is 16.5 Å². The fraction of sp³-hybridized carbons (Fsp3) is 0.185. The Hall–Kier alpha value is -4.02. The van der Waals surface area contributed by atoms with E-state index in [2.05, 4.69) is 30.7 Å². The monoisotopic (exact) mass is 553 g/mol. The van der Waals surface area contributed by atoms with Crippen molar-refractivity contribution in [1.29, 1.82) is 0 Å². The van der Waals surface area contributed by atoms with Crippen LogP contribution < -0.4 is 20.7 Å². The Bertz CT molecular complexity index is 1460. The van der Waals surface area contributed by atoms with E-state index in [0.29, 0.717) is 46.0 Å². The first kappa shape index (κ1) is 27.0. The van der Waals surface area contributed by atoms with Crippen LogP contribution in [-0.4, -0.2) is 34.7 Å². The summed E-state index contributed by atoms with van der Waals surface area (Å²) >= 11 is 11.7. The van der Waals surface area contributed by atoms with Gasteiger partial charge in [0, 0.05) is 24.2 Å². The molecular formula is C27H25ClFN5O3S. The summed E-state index contributed by atoms with van der Waals surface area (Å²) in [6.07, 6.45) is 1.71. The van der Waals surface area contributed by atoms with Crippen molar-refractivity contribution in [2.45, 2.75) is 19.6 Å². The number of benzene rings is 3. The van der Waals surface area contributed by atoms with Gasteiger partial charge in [-0.25, -0.2) is 14.4 Å². The van der Waals surface area contributed by atoms with Gasteiger partial charge in [-0.1, -0.05) is 29.8 Å². The molecule has 0 saturated heterocycles. The van der Waals surface area contributed by atoms with Gasteiger partial charge in [0.2, 0.25) is 0 Å². The largest absolute Gasteiger partial charge is 0.487 e. The number of thiocarbonyl (C=S) groups is 1. The van der Waals surface area contributed by atoms with Crippen molar-refractivity contribution >= 4 is 57.3 Å². The molecule has 3 aromatic carbocycles. The van der Waals surface area contributed by atoms with Gasteiger partial charge in [-0.15, -0.1) is 0 Å². The van der Waals surface area contributed by atoms with Crippen LogP contribution in [0.25, 0.3) is 10.9 Å². The lowest BCUT2D eigenvalue weighted by atomic mass is 10.1.